The second kappa shape index (κ2) is 5.82. The Hall–Kier alpha value is -0.910. The fraction of sp³-hybridized carbons (Fsp3) is 0.769. The van der Waals surface area contributed by atoms with Crippen LogP contribution in [-0.2, 0) is 13.1 Å². The fourth-order valence-corrected chi connectivity index (χ4v) is 2.56. The summed E-state index contributed by atoms with van der Waals surface area (Å²) >= 11 is 0. The molecule has 1 N–H and O–H groups in total. The molecule has 1 aliphatic rings. The average molecular weight is 252 g/mol. The zero-order valence-electron chi connectivity index (χ0n) is 11.8. The lowest BCUT2D eigenvalue weighted by Crippen LogP contribution is -2.54. The number of nitrogens with one attached hydrogen (secondary N) is 1. The molecule has 2 atom stereocenters. The molecule has 5 heteroatoms. The van der Waals surface area contributed by atoms with E-state index in [9.17, 15) is 0 Å². The van der Waals surface area contributed by atoms with Crippen LogP contribution in [0.1, 0.15) is 25.3 Å². The largest absolute Gasteiger partial charge is 0.360 e. The van der Waals surface area contributed by atoms with Crippen LogP contribution in [0.4, 0.5) is 0 Å². The first kappa shape index (κ1) is 13.5. The summed E-state index contributed by atoms with van der Waals surface area (Å²) in [6, 6.07) is 3.23. The van der Waals surface area contributed by atoms with Gasteiger partial charge in [-0.05, 0) is 27.9 Å². The second-order valence-electron chi connectivity index (χ2n) is 5.37. The molecule has 2 heterocycles. The van der Waals surface area contributed by atoms with Gasteiger partial charge in [-0.3, -0.25) is 9.80 Å². The van der Waals surface area contributed by atoms with Gasteiger partial charge in [-0.2, -0.15) is 0 Å². The molecule has 1 aliphatic heterocycles. The summed E-state index contributed by atoms with van der Waals surface area (Å²) in [6.07, 6.45) is 0. The van der Waals surface area contributed by atoms with Crippen LogP contribution in [0.5, 0.6) is 0 Å². The molecule has 0 spiro atoms. The van der Waals surface area contributed by atoms with Gasteiger partial charge in [0.1, 0.15) is 0 Å². The van der Waals surface area contributed by atoms with E-state index in [4.69, 9.17) is 4.52 Å². The first-order valence-electron chi connectivity index (χ1n) is 6.63. The van der Waals surface area contributed by atoms with E-state index in [0.717, 1.165) is 37.6 Å². The SMILES string of the molecule is CNCc1cc(CN2CC(C)N(C)C(C)C2)on1. The molecule has 1 fully saturated rings. The third kappa shape index (κ3) is 3.10. The van der Waals surface area contributed by atoms with Gasteiger partial charge < -0.3 is 9.84 Å². The first-order chi connectivity index (χ1) is 8.60. The lowest BCUT2D eigenvalue weighted by Gasteiger charge is -2.42. The number of aromatic nitrogens is 1. The third-order valence-electron chi connectivity index (χ3n) is 3.78. The van der Waals surface area contributed by atoms with Crippen molar-refractivity contribution in [1.29, 1.82) is 0 Å². The summed E-state index contributed by atoms with van der Waals surface area (Å²) in [4.78, 5) is 4.88. The number of likely N-dealkylation sites (N-methyl/N-ethyl adjacent to an activating group) is 1. The van der Waals surface area contributed by atoms with E-state index < -0.39 is 0 Å². The van der Waals surface area contributed by atoms with Crippen molar-refractivity contribution in [3.63, 3.8) is 0 Å². The van der Waals surface area contributed by atoms with Gasteiger partial charge in [0.25, 0.3) is 0 Å². The zero-order chi connectivity index (χ0) is 13.1. The van der Waals surface area contributed by atoms with Gasteiger partial charge in [-0.15, -0.1) is 0 Å². The predicted molar refractivity (Wildman–Crippen MR) is 71.2 cm³/mol. The molecular weight excluding hydrogens is 228 g/mol. The highest BCUT2D eigenvalue weighted by Gasteiger charge is 2.26. The van der Waals surface area contributed by atoms with E-state index in [-0.39, 0.29) is 0 Å². The standard InChI is InChI=1S/C13H24N4O/c1-10-7-17(8-11(2)16(10)4)9-13-5-12(6-14-3)15-18-13/h5,10-11,14H,6-9H2,1-4H3. The van der Waals surface area contributed by atoms with Crippen LogP contribution in [0.25, 0.3) is 0 Å². The number of hydrogen-bond donors (Lipinski definition) is 1. The molecular formula is C13H24N4O. The number of rotatable bonds is 4. The topological polar surface area (TPSA) is 44.5 Å². The molecule has 0 bridgehead atoms. The van der Waals surface area contributed by atoms with Gasteiger partial charge in [0.2, 0.25) is 0 Å². The van der Waals surface area contributed by atoms with Gasteiger partial charge in [0.05, 0.1) is 12.2 Å². The van der Waals surface area contributed by atoms with Crippen LogP contribution in [-0.4, -0.2) is 54.2 Å². The van der Waals surface area contributed by atoms with Crippen LogP contribution < -0.4 is 5.32 Å². The molecule has 0 amide bonds. The Kier molecular flexibility index (Phi) is 4.37. The Morgan fingerprint density at radius 1 is 1.39 bits per heavy atom. The van der Waals surface area contributed by atoms with E-state index in [1.54, 1.807) is 0 Å². The molecule has 0 aromatic carbocycles. The number of piperazine rings is 1. The van der Waals surface area contributed by atoms with Crippen LogP contribution in [0, 0.1) is 0 Å². The van der Waals surface area contributed by atoms with Crippen molar-refractivity contribution >= 4 is 0 Å². The van der Waals surface area contributed by atoms with Gasteiger partial charge in [0.15, 0.2) is 5.76 Å². The van der Waals surface area contributed by atoms with Gasteiger partial charge >= 0.3 is 0 Å². The maximum absolute atomic E-state index is 5.37. The molecule has 0 radical (unpaired) electrons. The molecule has 18 heavy (non-hydrogen) atoms. The van der Waals surface area contributed by atoms with Crippen molar-refractivity contribution in [2.75, 3.05) is 27.2 Å². The minimum Gasteiger partial charge on any atom is -0.360 e. The summed E-state index contributed by atoms with van der Waals surface area (Å²) in [5.74, 6) is 0.962. The van der Waals surface area contributed by atoms with Crippen molar-refractivity contribution in [3.05, 3.63) is 17.5 Å². The van der Waals surface area contributed by atoms with Crippen LogP contribution in [0.15, 0.2) is 10.6 Å². The molecule has 1 aromatic rings. The minimum atomic E-state index is 0.591. The molecule has 1 aromatic heterocycles. The Morgan fingerprint density at radius 3 is 2.67 bits per heavy atom. The Balaban J connectivity index is 1.92. The number of nitrogens with zero attached hydrogens (tertiary/aromatic N) is 3. The second-order valence-corrected chi connectivity index (χ2v) is 5.37. The molecule has 2 rings (SSSR count). The first-order valence-corrected chi connectivity index (χ1v) is 6.63. The van der Waals surface area contributed by atoms with E-state index >= 15 is 0 Å². The third-order valence-corrected chi connectivity index (χ3v) is 3.78. The van der Waals surface area contributed by atoms with E-state index in [0.29, 0.717) is 12.1 Å². The highest BCUT2D eigenvalue weighted by atomic mass is 16.5. The summed E-state index contributed by atoms with van der Waals surface area (Å²) in [7, 11) is 4.12. The highest BCUT2D eigenvalue weighted by molar-refractivity contribution is 5.05. The normalized spacial score (nSPS) is 26.7. The van der Waals surface area contributed by atoms with Crippen molar-refractivity contribution in [1.82, 2.24) is 20.3 Å². The summed E-state index contributed by atoms with van der Waals surface area (Å²) in [5.41, 5.74) is 0.975. The fourth-order valence-electron chi connectivity index (χ4n) is 2.56. The predicted octanol–water partition coefficient (Wildman–Crippen LogP) is 0.918. The van der Waals surface area contributed by atoms with Crippen LogP contribution >= 0.6 is 0 Å². The van der Waals surface area contributed by atoms with Gasteiger partial charge in [-0.1, -0.05) is 5.16 Å². The Labute approximate surface area is 109 Å². The average Bonchev–Trinajstić information content (AvgIpc) is 2.74. The maximum Gasteiger partial charge on any atom is 0.151 e. The van der Waals surface area contributed by atoms with Crippen molar-refractivity contribution < 1.29 is 4.52 Å². The van der Waals surface area contributed by atoms with Crippen molar-refractivity contribution in [2.24, 2.45) is 0 Å². The lowest BCUT2D eigenvalue weighted by molar-refractivity contribution is 0.0506. The molecule has 0 saturated carbocycles. The minimum absolute atomic E-state index is 0.591. The van der Waals surface area contributed by atoms with Crippen LogP contribution in [0.3, 0.4) is 0 Å². The molecule has 1 saturated heterocycles. The van der Waals surface area contributed by atoms with E-state index in [1.165, 1.54) is 0 Å². The van der Waals surface area contributed by atoms with Crippen LogP contribution in [0.2, 0.25) is 0 Å². The van der Waals surface area contributed by atoms with Gasteiger partial charge in [0, 0.05) is 37.8 Å². The summed E-state index contributed by atoms with van der Waals surface area (Å²) in [5, 5.41) is 7.13. The van der Waals surface area contributed by atoms with Crippen molar-refractivity contribution in [3.8, 4) is 0 Å². The Morgan fingerprint density at radius 2 is 2.06 bits per heavy atom. The summed E-state index contributed by atoms with van der Waals surface area (Å²) in [6.45, 7) is 8.34. The molecule has 102 valence electrons. The number of hydrogen-bond acceptors (Lipinski definition) is 5. The molecule has 0 aliphatic carbocycles. The molecule has 2 unspecified atom stereocenters. The zero-order valence-corrected chi connectivity index (χ0v) is 11.8. The van der Waals surface area contributed by atoms with E-state index in [2.05, 4.69) is 41.2 Å². The van der Waals surface area contributed by atoms with E-state index in [1.807, 2.05) is 13.1 Å². The van der Waals surface area contributed by atoms with Gasteiger partial charge in [-0.25, -0.2) is 0 Å². The monoisotopic (exact) mass is 252 g/mol. The van der Waals surface area contributed by atoms with Crippen molar-refractivity contribution in [2.45, 2.75) is 39.0 Å². The quantitative estimate of drug-likeness (QED) is 0.863. The smallest absolute Gasteiger partial charge is 0.151 e. The maximum atomic E-state index is 5.37. The molecule has 5 nitrogen and oxygen atoms in total. The Bertz CT molecular complexity index is 367. The lowest BCUT2D eigenvalue weighted by atomic mass is 10.1. The highest BCUT2D eigenvalue weighted by Crippen LogP contribution is 2.16. The summed E-state index contributed by atoms with van der Waals surface area (Å²) < 4.78 is 5.37.